The molecule has 1 saturated heterocycles. The molecule has 1 aliphatic rings. The first-order chi connectivity index (χ1) is 7.02. The fourth-order valence-corrected chi connectivity index (χ4v) is 1.65. The van der Waals surface area contributed by atoms with E-state index < -0.39 is 0 Å². The maximum Gasteiger partial charge on any atom is 0.224 e. The molecule has 0 spiro atoms. The van der Waals surface area contributed by atoms with Crippen LogP contribution < -0.4 is 5.73 Å². The quantitative estimate of drug-likeness (QED) is 0.749. The highest BCUT2D eigenvalue weighted by molar-refractivity contribution is 5.77. The number of nitrogens with two attached hydrogens (primary N) is 1. The van der Waals surface area contributed by atoms with E-state index in [-0.39, 0.29) is 18.0 Å². The van der Waals surface area contributed by atoms with E-state index in [1.807, 2.05) is 25.7 Å². The van der Waals surface area contributed by atoms with Crippen LogP contribution in [0.1, 0.15) is 27.2 Å². The highest BCUT2D eigenvalue weighted by Crippen LogP contribution is 2.11. The molecule has 2 N–H and O–H groups in total. The second-order valence-electron chi connectivity index (χ2n) is 4.62. The summed E-state index contributed by atoms with van der Waals surface area (Å²) in [5.74, 6) is 0.511. The Hall–Kier alpha value is -0.610. The van der Waals surface area contributed by atoms with E-state index in [9.17, 15) is 4.79 Å². The first kappa shape index (κ1) is 12.5. The van der Waals surface area contributed by atoms with Gasteiger partial charge in [0.2, 0.25) is 5.91 Å². The summed E-state index contributed by atoms with van der Waals surface area (Å²) in [7, 11) is 0. The summed E-state index contributed by atoms with van der Waals surface area (Å²) in [6.07, 6.45) is 0.446. The minimum absolute atomic E-state index is 0.0347. The van der Waals surface area contributed by atoms with E-state index in [1.54, 1.807) is 0 Å². The molecule has 0 aliphatic carbocycles. The molecule has 0 radical (unpaired) electrons. The van der Waals surface area contributed by atoms with Gasteiger partial charge in [0.25, 0.3) is 0 Å². The lowest BCUT2D eigenvalue weighted by Crippen LogP contribution is -2.48. The molecule has 1 amide bonds. The van der Waals surface area contributed by atoms with Crippen LogP contribution in [0, 0.1) is 5.92 Å². The lowest BCUT2D eigenvalue weighted by Gasteiger charge is -2.34. The lowest BCUT2D eigenvalue weighted by atomic mass is 10.0. The van der Waals surface area contributed by atoms with Crippen LogP contribution in [0.2, 0.25) is 0 Å². The van der Waals surface area contributed by atoms with Crippen LogP contribution in [0.3, 0.4) is 0 Å². The number of rotatable bonds is 3. The Morgan fingerprint density at radius 3 is 2.80 bits per heavy atom. The maximum absolute atomic E-state index is 11.9. The van der Waals surface area contributed by atoms with Crippen molar-refractivity contribution in [3.63, 3.8) is 0 Å². The van der Waals surface area contributed by atoms with Gasteiger partial charge in [0.05, 0.1) is 19.3 Å². The number of hydrogen-bond donors (Lipinski definition) is 1. The highest BCUT2D eigenvalue weighted by Gasteiger charge is 2.25. The van der Waals surface area contributed by atoms with E-state index in [4.69, 9.17) is 10.5 Å². The van der Waals surface area contributed by atoms with E-state index in [1.165, 1.54) is 0 Å². The summed E-state index contributed by atoms with van der Waals surface area (Å²) in [6.45, 7) is 8.08. The number of nitrogens with zero attached hydrogens (tertiary/aromatic N) is 1. The van der Waals surface area contributed by atoms with E-state index in [0.29, 0.717) is 32.1 Å². The minimum atomic E-state index is -0.0347. The molecule has 0 aromatic carbocycles. The number of amides is 1. The average molecular weight is 214 g/mol. The molecular weight excluding hydrogens is 192 g/mol. The van der Waals surface area contributed by atoms with Crippen molar-refractivity contribution in [1.29, 1.82) is 0 Å². The number of morpholine rings is 1. The monoisotopic (exact) mass is 214 g/mol. The molecule has 0 saturated carbocycles. The zero-order valence-corrected chi connectivity index (χ0v) is 9.90. The fraction of sp³-hybridized carbons (Fsp3) is 0.909. The Labute approximate surface area is 91.8 Å². The van der Waals surface area contributed by atoms with Gasteiger partial charge in [-0.15, -0.1) is 0 Å². The molecule has 1 rings (SSSR count). The van der Waals surface area contributed by atoms with Crippen LogP contribution in [0.5, 0.6) is 0 Å². The molecule has 1 aliphatic heterocycles. The number of carbonyl (C=O) groups excluding carboxylic acids is 1. The Morgan fingerprint density at radius 2 is 2.27 bits per heavy atom. The van der Waals surface area contributed by atoms with Crippen molar-refractivity contribution in [3.05, 3.63) is 0 Å². The van der Waals surface area contributed by atoms with Crippen molar-refractivity contribution in [1.82, 2.24) is 4.90 Å². The number of hydrogen-bond acceptors (Lipinski definition) is 3. The Balaban J connectivity index is 2.45. The van der Waals surface area contributed by atoms with Crippen molar-refractivity contribution >= 4 is 5.91 Å². The number of carbonyl (C=O) groups is 1. The van der Waals surface area contributed by atoms with E-state index in [0.717, 1.165) is 0 Å². The van der Waals surface area contributed by atoms with Crippen LogP contribution in [-0.2, 0) is 9.53 Å². The molecule has 4 heteroatoms. The second kappa shape index (κ2) is 5.47. The molecule has 2 atom stereocenters. The van der Waals surface area contributed by atoms with E-state index >= 15 is 0 Å². The van der Waals surface area contributed by atoms with Crippen molar-refractivity contribution in [2.24, 2.45) is 11.7 Å². The molecule has 4 nitrogen and oxygen atoms in total. The predicted molar refractivity (Wildman–Crippen MR) is 59.4 cm³/mol. The summed E-state index contributed by atoms with van der Waals surface area (Å²) in [6, 6.07) is 0.151. The third-order valence-corrected chi connectivity index (χ3v) is 2.95. The molecule has 1 unspecified atom stereocenters. The molecule has 15 heavy (non-hydrogen) atoms. The highest BCUT2D eigenvalue weighted by atomic mass is 16.5. The van der Waals surface area contributed by atoms with E-state index in [2.05, 4.69) is 0 Å². The molecule has 0 aromatic rings. The zero-order chi connectivity index (χ0) is 11.4. The topological polar surface area (TPSA) is 55.6 Å². The first-order valence-electron chi connectivity index (χ1n) is 5.65. The van der Waals surface area contributed by atoms with Gasteiger partial charge in [0.1, 0.15) is 0 Å². The SMILES string of the molecule is CC(C)C(N)CC(=O)N1CCOC[C@H]1C. The van der Waals surface area contributed by atoms with Gasteiger partial charge in [-0.25, -0.2) is 0 Å². The van der Waals surface area contributed by atoms with Gasteiger partial charge >= 0.3 is 0 Å². The van der Waals surface area contributed by atoms with Gasteiger partial charge in [-0.1, -0.05) is 13.8 Å². The maximum atomic E-state index is 11.9. The first-order valence-corrected chi connectivity index (χ1v) is 5.65. The third kappa shape index (κ3) is 3.47. The van der Waals surface area contributed by atoms with Gasteiger partial charge < -0.3 is 15.4 Å². The predicted octanol–water partition coefficient (Wildman–Crippen LogP) is 0.607. The summed E-state index contributed by atoms with van der Waals surface area (Å²) < 4.78 is 5.29. The van der Waals surface area contributed by atoms with Crippen LogP contribution in [-0.4, -0.2) is 42.6 Å². The van der Waals surface area contributed by atoms with Crippen molar-refractivity contribution in [2.75, 3.05) is 19.8 Å². The molecule has 88 valence electrons. The third-order valence-electron chi connectivity index (χ3n) is 2.95. The van der Waals surface area contributed by atoms with Crippen LogP contribution in [0.15, 0.2) is 0 Å². The van der Waals surface area contributed by atoms with Gasteiger partial charge in [-0.2, -0.15) is 0 Å². The molecule has 1 fully saturated rings. The summed E-state index contributed by atoms with van der Waals surface area (Å²) in [5, 5.41) is 0. The summed E-state index contributed by atoms with van der Waals surface area (Å²) in [4.78, 5) is 13.8. The van der Waals surface area contributed by atoms with Gasteiger partial charge in [-0.3, -0.25) is 4.79 Å². The Morgan fingerprint density at radius 1 is 1.60 bits per heavy atom. The zero-order valence-electron chi connectivity index (χ0n) is 9.90. The normalized spacial score (nSPS) is 24.3. The van der Waals surface area contributed by atoms with Crippen molar-refractivity contribution in [2.45, 2.75) is 39.3 Å². The molecule has 1 heterocycles. The van der Waals surface area contributed by atoms with Crippen LogP contribution in [0.25, 0.3) is 0 Å². The van der Waals surface area contributed by atoms with Crippen LogP contribution in [0.4, 0.5) is 0 Å². The largest absolute Gasteiger partial charge is 0.377 e. The number of ether oxygens (including phenoxy) is 1. The molecular formula is C11H22N2O2. The standard InChI is InChI=1S/C11H22N2O2/c1-8(2)10(12)6-11(14)13-4-5-15-7-9(13)3/h8-10H,4-7,12H2,1-3H3/t9-,10?/m1/s1. The Bertz CT molecular complexity index is 219. The Kier molecular flexibility index (Phi) is 4.54. The molecule has 0 bridgehead atoms. The molecule has 0 aromatic heterocycles. The average Bonchev–Trinajstić information content (AvgIpc) is 2.18. The van der Waals surface area contributed by atoms with Crippen molar-refractivity contribution in [3.8, 4) is 0 Å². The van der Waals surface area contributed by atoms with Gasteiger partial charge in [0.15, 0.2) is 0 Å². The second-order valence-corrected chi connectivity index (χ2v) is 4.62. The lowest BCUT2D eigenvalue weighted by molar-refractivity contribution is -0.139. The van der Waals surface area contributed by atoms with Crippen LogP contribution >= 0.6 is 0 Å². The summed E-state index contributed by atoms with van der Waals surface area (Å²) in [5.41, 5.74) is 5.89. The minimum Gasteiger partial charge on any atom is -0.377 e. The van der Waals surface area contributed by atoms with Gasteiger partial charge in [-0.05, 0) is 12.8 Å². The summed E-state index contributed by atoms with van der Waals surface area (Å²) >= 11 is 0. The fourth-order valence-electron chi connectivity index (χ4n) is 1.65. The van der Waals surface area contributed by atoms with Crippen molar-refractivity contribution < 1.29 is 9.53 Å². The smallest absolute Gasteiger partial charge is 0.224 e. The van der Waals surface area contributed by atoms with Gasteiger partial charge in [0, 0.05) is 19.0 Å².